The normalized spacial score (nSPS) is 11.0. The summed E-state index contributed by atoms with van der Waals surface area (Å²) < 4.78 is 12.7. The van der Waals surface area contributed by atoms with Crippen molar-refractivity contribution in [2.75, 3.05) is 13.7 Å². The predicted molar refractivity (Wildman–Crippen MR) is 106 cm³/mol. The zero-order valence-electron chi connectivity index (χ0n) is 13.9. The van der Waals surface area contributed by atoms with Gasteiger partial charge in [0.05, 0.1) is 22.2 Å². The van der Waals surface area contributed by atoms with Crippen molar-refractivity contribution in [1.82, 2.24) is 4.98 Å². The lowest BCUT2D eigenvalue weighted by atomic mass is 10.1. The van der Waals surface area contributed by atoms with Crippen molar-refractivity contribution in [3.05, 3.63) is 52.9 Å². The van der Waals surface area contributed by atoms with E-state index in [1.165, 1.54) is 11.8 Å². The Balaban J connectivity index is 1.92. The van der Waals surface area contributed by atoms with Crippen molar-refractivity contribution >= 4 is 39.4 Å². The van der Waals surface area contributed by atoms with Crippen LogP contribution in [0.4, 0.5) is 0 Å². The lowest BCUT2D eigenvalue weighted by Gasteiger charge is -2.09. The molecule has 0 spiro atoms. The van der Waals surface area contributed by atoms with Gasteiger partial charge >= 0.3 is 0 Å². The summed E-state index contributed by atoms with van der Waals surface area (Å²) in [5.74, 6) is 3.71. The third-order valence-electron chi connectivity index (χ3n) is 3.40. The average Bonchev–Trinajstić information content (AvgIpc) is 3.08. The maximum absolute atomic E-state index is 9.55. The van der Waals surface area contributed by atoms with Crippen LogP contribution in [-0.2, 0) is 0 Å². The number of benzene rings is 2. The molecule has 0 radical (unpaired) electrons. The minimum atomic E-state index is 0.153. The molecule has 0 amide bonds. The zero-order valence-corrected chi connectivity index (χ0v) is 15.6. The van der Waals surface area contributed by atoms with Crippen molar-refractivity contribution in [3.8, 4) is 29.9 Å². The summed E-state index contributed by atoms with van der Waals surface area (Å²) in [4.78, 5) is 5.06. The van der Waals surface area contributed by atoms with Crippen LogP contribution in [0.3, 0.4) is 0 Å². The first-order chi connectivity index (χ1) is 12.7. The highest BCUT2D eigenvalue weighted by Gasteiger charge is 2.10. The number of aromatic nitrogens is 1. The summed E-state index contributed by atoms with van der Waals surface area (Å²) in [5.41, 5.74) is 1.65. The first-order valence-electron chi connectivity index (χ1n) is 7.63. The number of rotatable bonds is 6. The molecule has 128 valence electrons. The number of hydrogen-bond donors (Lipinski definition) is 0. The molecule has 4 nitrogen and oxygen atoms in total. The van der Waals surface area contributed by atoms with E-state index in [-0.39, 0.29) is 6.61 Å². The van der Waals surface area contributed by atoms with Gasteiger partial charge in [-0.15, -0.1) is 17.8 Å². The number of thiazole rings is 1. The van der Waals surface area contributed by atoms with Crippen LogP contribution in [0.15, 0.2) is 51.7 Å². The second kappa shape index (κ2) is 8.44. The van der Waals surface area contributed by atoms with E-state index in [2.05, 4.69) is 17.0 Å². The molecular formula is C20H14N2O2S2. The van der Waals surface area contributed by atoms with Crippen molar-refractivity contribution in [3.63, 3.8) is 0 Å². The predicted octanol–water partition coefficient (Wildman–Crippen LogP) is 4.97. The van der Waals surface area contributed by atoms with Crippen molar-refractivity contribution in [2.24, 2.45) is 0 Å². The molecule has 0 N–H and O–H groups in total. The summed E-state index contributed by atoms with van der Waals surface area (Å²) >= 11 is 2.88. The van der Waals surface area contributed by atoms with E-state index >= 15 is 0 Å². The van der Waals surface area contributed by atoms with E-state index in [0.29, 0.717) is 16.4 Å². The van der Waals surface area contributed by atoms with Gasteiger partial charge in [0, 0.05) is 5.56 Å². The largest absolute Gasteiger partial charge is 0.497 e. The van der Waals surface area contributed by atoms with Crippen LogP contribution in [0.1, 0.15) is 5.56 Å². The van der Waals surface area contributed by atoms with Gasteiger partial charge in [0.25, 0.3) is 0 Å². The first-order valence-corrected chi connectivity index (χ1v) is 9.26. The molecule has 0 atom stereocenters. The van der Waals surface area contributed by atoms with Gasteiger partial charge in [-0.25, -0.2) is 4.98 Å². The topological polar surface area (TPSA) is 55.1 Å². The molecular weight excluding hydrogens is 364 g/mol. The van der Waals surface area contributed by atoms with E-state index < -0.39 is 0 Å². The first kappa shape index (κ1) is 17.9. The second-order valence-corrected chi connectivity index (χ2v) is 7.39. The minimum Gasteiger partial charge on any atom is -0.497 e. The standard InChI is InChI=1S/C20H14N2O2S2/c1-3-10-24-18-9-8-15(23-2)11-14(18)12-16(13-21)25-20-22-17-6-4-5-7-19(17)26-20/h1,4-9,11-12H,10H2,2H3. The molecule has 0 saturated carbocycles. The van der Waals surface area contributed by atoms with Crippen LogP contribution in [-0.4, -0.2) is 18.7 Å². The molecule has 26 heavy (non-hydrogen) atoms. The van der Waals surface area contributed by atoms with E-state index in [9.17, 15) is 5.26 Å². The smallest absolute Gasteiger partial charge is 0.156 e. The van der Waals surface area contributed by atoms with Crippen LogP contribution in [0.2, 0.25) is 0 Å². The number of nitriles is 1. The van der Waals surface area contributed by atoms with Gasteiger partial charge in [0.2, 0.25) is 0 Å². The quantitative estimate of drug-likeness (QED) is 0.344. The number of para-hydroxylation sites is 1. The van der Waals surface area contributed by atoms with E-state index in [1.54, 1.807) is 36.7 Å². The average molecular weight is 378 g/mol. The van der Waals surface area contributed by atoms with Gasteiger partial charge in [-0.3, -0.25) is 0 Å². The highest BCUT2D eigenvalue weighted by molar-refractivity contribution is 8.05. The molecule has 1 aromatic heterocycles. The Morgan fingerprint density at radius 3 is 2.92 bits per heavy atom. The highest BCUT2D eigenvalue weighted by Crippen LogP contribution is 2.36. The maximum atomic E-state index is 9.55. The van der Waals surface area contributed by atoms with Crippen molar-refractivity contribution in [1.29, 1.82) is 5.26 Å². The summed E-state index contributed by atoms with van der Waals surface area (Å²) in [5, 5.41) is 9.55. The fourth-order valence-corrected chi connectivity index (χ4v) is 4.20. The Kier molecular flexibility index (Phi) is 5.80. The highest BCUT2D eigenvalue weighted by atomic mass is 32.2. The van der Waals surface area contributed by atoms with Crippen LogP contribution in [0.5, 0.6) is 11.5 Å². The second-order valence-electron chi connectivity index (χ2n) is 5.07. The number of nitrogens with zero attached hydrogens (tertiary/aromatic N) is 2. The number of thioether (sulfide) groups is 1. The Bertz CT molecular complexity index is 1010. The number of methoxy groups -OCH3 is 1. The fraction of sp³-hybridized carbons (Fsp3) is 0.100. The molecule has 0 unspecified atom stereocenters. The molecule has 1 heterocycles. The lowest BCUT2D eigenvalue weighted by Crippen LogP contribution is -1.96. The number of ether oxygens (including phenoxy) is 2. The van der Waals surface area contributed by atoms with Gasteiger partial charge < -0.3 is 9.47 Å². The summed E-state index contributed by atoms with van der Waals surface area (Å²) in [6, 6.07) is 15.5. The van der Waals surface area contributed by atoms with Crippen LogP contribution >= 0.6 is 23.1 Å². The Labute approximate surface area is 160 Å². The van der Waals surface area contributed by atoms with E-state index in [1.807, 2.05) is 30.3 Å². The maximum Gasteiger partial charge on any atom is 0.156 e. The molecule has 2 aromatic carbocycles. The number of fused-ring (bicyclic) bond motifs is 1. The molecule has 0 fully saturated rings. The van der Waals surface area contributed by atoms with Gasteiger partial charge in [-0.05, 0) is 48.2 Å². The number of hydrogen-bond acceptors (Lipinski definition) is 6. The van der Waals surface area contributed by atoms with Gasteiger partial charge in [0.15, 0.2) is 4.34 Å². The van der Waals surface area contributed by atoms with Crippen LogP contribution in [0.25, 0.3) is 16.3 Å². The Hall–Kier alpha value is -2.93. The molecule has 0 aliphatic heterocycles. The van der Waals surface area contributed by atoms with E-state index in [0.717, 1.165) is 20.1 Å². The monoisotopic (exact) mass is 378 g/mol. The lowest BCUT2D eigenvalue weighted by molar-refractivity contribution is 0.367. The fourth-order valence-electron chi connectivity index (χ4n) is 2.23. The minimum absolute atomic E-state index is 0.153. The molecule has 3 aromatic rings. The number of allylic oxidation sites excluding steroid dienone is 1. The molecule has 3 rings (SSSR count). The molecule has 0 bridgehead atoms. The third kappa shape index (κ3) is 4.18. The Morgan fingerprint density at radius 1 is 1.35 bits per heavy atom. The molecule has 0 aliphatic carbocycles. The van der Waals surface area contributed by atoms with Gasteiger partial charge in [-0.2, -0.15) is 5.26 Å². The zero-order chi connectivity index (χ0) is 18.4. The Morgan fingerprint density at radius 2 is 2.19 bits per heavy atom. The SMILES string of the molecule is C#CCOc1ccc(OC)cc1C=C(C#N)Sc1nc2ccccc2s1. The third-order valence-corrected chi connectivity index (χ3v) is 5.42. The summed E-state index contributed by atoms with van der Waals surface area (Å²) in [6.07, 6.45) is 7.03. The van der Waals surface area contributed by atoms with Gasteiger partial charge in [0.1, 0.15) is 24.2 Å². The van der Waals surface area contributed by atoms with Crippen LogP contribution < -0.4 is 9.47 Å². The van der Waals surface area contributed by atoms with E-state index in [4.69, 9.17) is 15.9 Å². The molecule has 6 heteroatoms. The van der Waals surface area contributed by atoms with Gasteiger partial charge in [-0.1, -0.05) is 18.1 Å². The molecule has 0 saturated heterocycles. The molecule has 0 aliphatic rings. The van der Waals surface area contributed by atoms with Crippen molar-refractivity contribution < 1.29 is 9.47 Å². The summed E-state index contributed by atoms with van der Waals surface area (Å²) in [7, 11) is 1.59. The van der Waals surface area contributed by atoms with Crippen molar-refractivity contribution in [2.45, 2.75) is 4.34 Å². The number of terminal acetylenes is 1. The van der Waals surface area contributed by atoms with Crippen LogP contribution in [0, 0.1) is 23.7 Å². The summed E-state index contributed by atoms with van der Waals surface area (Å²) in [6.45, 7) is 0.153.